The largest absolute Gasteiger partial charge is 0.486 e. The highest BCUT2D eigenvalue weighted by atomic mass is 32.2. The van der Waals surface area contributed by atoms with Crippen LogP contribution in [0, 0.1) is 11.6 Å². The molecule has 1 amide bonds. The maximum Gasteiger partial charge on any atom is 0.241 e. The Hall–Kier alpha value is -2.72. The van der Waals surface area contributed by atoms with Crippen LogP contribution in [0.4, 0.5) is 14.5 Å². The monoisotopic (exact) mass is 384 g/mol. The second kappa shape index (κ2) is 7.26. The van der Waals surface area contributed by atoms with Gasteiger partial charge in [0.25, 0.3) is 0 Å². The molecule has 7 nitrogen and oxygen atoms in total. The van der Waals surface area contributed by atoms with E-state index < -0.39 is 34.1 Å². The fourth-order valence-electron chi connectivity index (χ4n) is 2.21. The lowest BCUT2D eigenvalue weighted by Crippen LogP contribution is -2.33. The molecule has 1 aliphatic heterocycles. The fraction of sp³-hybridized carbons (Fsp3) is 0.188. The first-order chi connectivity index (χ1) is 12.3. The predicted molar refractivity (Wildman–Crippen MR) is 87.6 cm³/mol. The molecule has 0 fully saturated rings. The quantitative estimate of drug-likeness (QED) is 0.818. The maximum atomic E-state index is 13.1. The molecular weight excluding hydrogens is 370 g/mol. The minimum atomic E-state index is -3.98. The molecule has 0 unspecified atom stereocenters. The van der Waals surface area contributed by atoms with Crippen LogP contribution in [-0.4, -0.2) is 34.1 Å². The Balaban J connectivity index is 1.64. The molecule has 0 atom stereocenters. The summed E-state index contributed by atoms with van der Waals surface area (Å²) >= 11 is 0. The van der Waals surface area contributed by atoms with Crippen LogP contribution in [0.15, 0.2) is 41.3 Å². The lowest BCUT2D eigenvalue weighted by molar-refractivity contribution is -0.115. The molecule has 0 aromatic heterocycles. The van der Waals surface area contributed by atoms with Crippen LogP contribution in [0.25, 0.3) is 0 Å². The highest BCUT2D eigenvalue weighted by molar-refractivity contribution is 7.89. The molecule has 0 aliphatic carbocycles. The van der Waals surface area contributed by atoms with Gasteiger partial charge in [0.05, 0.1) is 11.4 Å². The average molecular weight is 384 g/mol. The van der Waals surface area contributed by atoms with Crippen molar-refractivity contribution in [2.75, 3.05) is 25.1 Å². The minimum absolute atomic E-state index is 0.00688. The molecule has 2 N–H and O–H groups in total. The zero-order chi connectivity index (χ0) is 18.7. The van der Waals surface area contributed by atoms with Crippen LogP contribution in [0.3, 0.4) is 0 Å². The van der Waals surface area contributed by atoms with Crippen LogP contribution in [-0.2, 0) is 14.8 Å². The van der Waals surface area contributed by atoms with Crippen molar-refractivity contribution in [3.05, 3.63) is 48.0 Å². The lowest BCUT2D eigenvalue weighted by Gasteiger charge is -2.18. The zero-order valence-electron chi connectivity index (χ0n) is 13.3. The van der Waals surface area contributed by atoms with Gasteiger partial charge in [-0.1, -0.05) is 0 Å². The Kier molecular flexibility index (Phi) is 5.05. The number of rotatable bonds is 5. The summed E-state index contributed by atoms with van der Waals surface area (Å²) < 4.78 is 63.3. The first kappa shape index (κ1) is 18.1. The third kappa shape index (κ3) is 4.09. The standard InChI is InChI=1S/C16H14F2N2O5S/c17-12-3-1-10(7-13(12)18)20-16(21)9-19-26(22,23)11-2-4-14-15(8-11)25-6-5-24-14/h1-4,7-8,19H,5-6,9H2,(H,20,21). The third-order valence-corrected chi connectivity index (χ3v) is 4.85. The summed E-state index contributed by atoms with van der Waals surface area (Å²) in [5, 5.41) is 2.27. The van der Waals surface area contributed by atoms with Crippen LogP contribution < -0.4 is 19.5 Å². The van der Waals surface area contributed by atoms with Crippen LogP contribution in [0.1, 0.15) is 0 Å². The maximum absolute atomic E-state index is 13.1. The van der Waals surface area contributed by atoms with Gasteiger partial charge in [-0.15, -0.1) is 0 Å². The van der Waals surface area contributed by atoms with Crippen LogP contribution in [0.5, 0.6) is 11.5 Å². The van der Waals surface area contributed by atoms with Crippen molar-refractivity contribution in [2.45, 2.75) is 4.90 Å². The summed E-state index contributed by atoms with van der Waals surface area (Å²) in [4.78, 5) is 11.7. The zero-order valence-corrected chi connectivity index (χ0v) is 14.1. The van der Waals surface area contributed by atoms with Gasteiger partial charge in [0.2, 0.25) is 15.9 Å². The van der Waals surface area contributed by atoms with Gasteiger partial charge in [0, 0.05) is 17.8 Å². The van der Waals surface area contributed by atoms with Crippen molar-refractivity contribution in [2.24, 2.45) is 0 Å². The highest BCUT2D eigenvalue weighted by Crippen LogP contribution is 2.32. The van der Waals surface area contributed by atoms with Gasteiger partial charge < -0.3 is 14.8 Å². The number of sulfonamides is 1. The van der Waals surface area contributed by atoms with E-state index in [0.29, 0.717) is 24.7 Å². The molecule has 0 saturated heterocycles. The minimum Gasteiger partial charge on any atom is -0.486 e. The Morgan fingerprint density at radius 3 is 2.46 bits per heavy atom. The first-order valence-corrected chi connectivity index (χ1v) is 8.98. The van der Waals surface area contributed by atoms with Crippen LogP contribution >= 0.6 is 0 Å². The van der Waals surface area contributed by atoms with E-state index >= 15 is 0 Å². The van der Waals surface area contributed by atoms with Gasteiger partial charge in [-0.3, -0.25) is 4.79 Å². The SMILES string of the molecule is O=C(CNS(=O)(=O)c1ccc2c(c1)OCCO2)Nc1ccc(F)c(F)c1. The molecule has 1 aliphatic rings. The molecule has 0 bridgehead atoms. The number of ether oxygens (including phenoxy) is 2. The number of nitrogens with one attached hydrogen (secondary N) is 2. The Bertz CT molecular complexity index is 950. The number of fused-ring (bicyclic) bond motifs is 1. The second-order valence-corrected chi connectivity index (χ2v) is 7.07. The second-order valence-electron chi connectivity index (χ2n) is 5.31. The molecule has 2 aromatic carbocycles. The van der Waals surface area contributed by atoms with Crippen molar-refractivity contribution < 1.29 is 31.5 Å². The summed E-state index contributed by atoms with van der Waals surface area (Å²) in [6.45, 7) is 0.0951. The molecule has 10 heteroatoms. The number of carbonyl (C=O) groups excluding carboxylic acids is 1. The molecule has 26 heavy (non-hydrogen) atoms. The smallest absolute Gasteiger partial charge is 0.241 e. The van der Waals surface area contributed by atoms with Gasteiger partial charge in [-0.05, 0) is 24.3 Å². The number of anilines is 1. The van der Waals surface area contributed by atoms with Crippen molar-refractivity contribution in [1.82, 2.24) is 4.72 Å². The van der Waals surface area contributed by atoms with E-state index in [1.807, 2.05) is 0 Å². The number of hydrogen-bond donors (Lipinski definition) is 2. The van der Waals surface area contributed by atoms with Crippen molar-refractivity contribution >= 4 is 21.6 Å². The van der Waals surface area contributed by atoms with Gasteiger partial charge in [0.15, 0.2) is 23.1 Å². The topological polar surface area (TPSA) is 93.7 Å². The van der Waals surface area contributed by atoms with Crippen molar-refractivity contribution in [3.8, 4) is 11.5 Å². The van der Waals surface area contributed by atoms with E-state index in [0.717, 1.165) is 18.2 Å². The van der Waals surface area contributed by atoms with E-state index in [1.54, 1.807) is 0 Å². The lowest BCUT2D eigenvalue weighted by atomic mass is 10.3. The number of carbonyl (C=O) groups is 1. The predicted octanol–water partition coefficient (Wildman–Crippen LogP) is 1.65. The van der Waals surface area contributed by atoms with Gasteiger partial charge in [-0.2, -0.15) is 0 Å². The molecule has 2 aromatic rings. The summed E-state index contributed by atoms with van der Waals surface area (Å²) in [5.41, 5.74) is 0.00688. The van der Waals surface area contributed by atoms with E-state index in [4.69, 9.17) is 9.47 Å². The molecule has 3 rings (SSSR count). The fourth-order valence-corrected chi connectivity index (χ4v) is 3.21. The van der Waals surface area contributed by atoms with E-state index in [1.165, 1.54) is 18.2 Å². The number of hydrogen-bond acceptors (Lipinski definition) is 5. The van der Waals surface area contributed by atoms with Gasteiger partial charge in [-0.25, -0.2) is 21.9 Å². The summed E-state index contributed by atoms with van der Waals surface area (Å²) in [7, 11) is -3.98. The average Bonchev–Trinajstić information content (AvgIpc) is 2.63. The van der Waals surface area contributed by atoms with E-state index in [2.05, 4.69) is 10.0 Å². The van der Waals surface area contributed by atoms with Gasteiger partial charge >= 0.3 is 0 Å². The Morgan fingerprint density at radius 1 is 1.00 bits per heavy atom. The molecule has 0 spiro atoms. The summed E-state index contributed by atoms with van der Waals surface area (Å²) in [6.07, 6.45) is 0. The van der Waals surface area contributed by atoms with Gasteiger partial charge in [0.1, 0.15) is 13.2 Å². The molecule has 0 radical (unpaired) electrons. The summed E-state index contributed by atoms with van der Waals surface area (Å²) in [5.74, 6) is -2.18. The number of benzene rings is 2. The number of amides is 1. The summed E-state index contributed by atoms with van der Waals surface area (Å²) in [6, 6.07) is 6.89. The number of halogens is 2. The molecule has 0 saturated carbocycles. The van der Waals surface area contributed by atoms with E-state index in [-0.39, 0.29) is 10.6 Å². The Labute approximate surface area is 148 Å². The highest BCUT2D eigenvalue weighted by Gasteiger charge is 2.20. The normalized spacial score (nSPS) is 13.3. The molecule has 138 valence electrons. The van der Waals surface area contributed by atoms with E-state index in [9.17, 15) is 22.0 Å². The first-order valence-electron chi connectivity index (χ1n) is 7.49. The third-order valence-electron chi connectivity index (χ3n) is 3.45. The van der Waals surface area contributed by atoms with Crippen molar-refractivity contribution in [3.63, 3.8) is 0 Å². The Morgan fingerprint density at radius 2 is 1.73 bits per heavy atom. The molecule has 1 heterocycles. The van der Waals surface area contributed by atoms with Crippen LogP contribution in [0.2, 0.25) is 0 Å². The van der Waals surface area contributed by atoms with Crippen molar-refractivity contribution in [1.29, 1.82) is 0 Å². The molecular formula is C16H14F2N2O5S.